The van der Waals surface area contributed by atoms with Gasteiger partial charge < -0.3 is 0 Å². The van der Waals surface area contributed by atoms with Crippen LogP contribution in [0, 0.1) is 13.8 Å². The molecule has 0 aliphatic carbocycles. The minimum Gasteiger partial charge on any atom is -0.298 e. The van der Waals surface area contributed by atoms with E-state index < -0.39 is 0 Å². The molecule has 0 saturated carbocycles. The van der Waals surface area contributed by atoms with E-state index >= 15 is 0 Å². The molecule has 0 bridgehead atoms. The fourth-order valence-corrected chi connectivity index (χ4v) is 4.97. The highest BCUT2D eigenvalue weighted by molar-refractivity contribution is 6.30. The fourth-order valence-electron chi connectivity index (χ4n) is 4.84. The van der Waals surface area contributed by atoms with Gasteiger partial charge in [-0.1, -0.05) is 72.3 Å². The maximum absolute atomic E-state index is 6.21. The maximum Gasteiger partial charge on any atom is 0.0602 e. The van der Waals surface area contributed by atoms with Gasteiger partial charge in [0.25, 0.3) is 0 Å². The number of rotatable bonds is 5. The molecule has 3 heteroatoms. The van der Waals surface area contributed by atoms with E-state index in [0.29, 0.717) is 0 Å². The number of hydrogen-bond acceptors (Lipinski definition) is 2. The predicted molar refractivity (Wildman–Crippen MR) is 132 cm³/mol. The first-order chi connectivity index (χ1) is 14.9. The summed E-state index contributed by atoms with van der Waals surface area (Å²) in [7, 11) is 2.28. The summed E-state index contributed by atoms with van der Waals surface area (Å²) < 4.78 is 0. The van der Waals surface area contributed by atoms with Crippen molar-refractivity contribution in [3.8, 4) is 0 Å². The summed E-state index contributed by atoms with van der Waals surface area (Å²) in [5.74, 6) is 0. The third kappa shape index (κ3) is 4.87. The smallest absolute Gasteiger partial charge is 0.0602 e. The van der Waals surface area contributed by atoms with Gasteiger partial charge in [-0.3, -0.25) is 9.80 Å². The number of benzene rings is 3. The van der Waals surface area contributed by atoms with Gasteiger partial charge in [-0.25, -0.2) is 0 Å². The van der Waals surface area contributed by atoms with Crippen molar-refractivity contribution >= 4 is 11.6 Å². The summed E-state index contributed by atoms with van der Waals surface area (Å²) >= 11 is 6.21. The van der Waals surface area contributed by atoms with Crippen LogP contribution in [0.15, 0.2) is 72.8 Å². The Hall–Kier alpha value is -2.13. The molecule has 0 aromatic heterocycles. The zero-order valence-electron chi connectivity index (χ0n) is 19.1. The minimum atomic E-state index is 0.0689. The Bertz CT molecular complexity index is 1010. The molecule has 1 heterocycles. The Morgan fingerprint density at radius 3 is 2.23 bits per heavy atom. The van der Waals surface area contributed by atoms with Crippen LogP contribution in [0.4, 0.5) is 0 Å². The molecular formula is C28H33ClN2. The van der Waals surface area contributed by atoms with Gasteiger partial charge in [-0.2, -0.15) is 0 Å². The lowest BCUT2D eigenvalue weighted by Gasteiger charge is -2.50. The molecule has 1 saturated heterocycles. The van der Waals surface area contributed by atoms with Crippen LogP contribution in [0.2, 0.25) is 5.02 Å². The van der Waals surface area contributed by atoms with Crippen LogP contribution < -0.4 is 0 Å². The molecule has 162 valence electrons. The van der Waals surface area contributed by atoms with Gasteiger partial charge in [0.1, 0.15) is 0 Å². The molecule has 0 spiro atoms. The Morgan fingerprint density at radius 1 is 0.871 bits per heavy atom. The highest BCUT2D eigenvalue weighted by atomic mass is 35.5. The van der Waals surface area contributed by atoms with Crippen LogP contribution in [-0.2, 0) is 6.42 Å². The number of hydrogen-bond donors (Lipinski definition) is 0. The van der Waals surface area contributed by atoms with Crippen molar-refractivity contribution in [1.29, 1.82) is 0 Å². The summed E-state index contributed by atoms with van der Waals surface area (Å²) in [5, 5.41) is 0.786. The van der Waals surface area contributed by atoms with Crippen molar-refractivity contribution in [3.05, 3.63) is 106 Å². The van der Waals surface area contributed by atoms with Gasteiger partial charge in [0.2, 0.25) is 0 Å². The lowest BCUT2D eigenvalue weighted by atomic mass is 9.86. The maximum atomic E-state index is 6.21. The second kappa shape index (κ2) is 9.16. The molecular weight excluding hydrogens is 400 g/mol. The molecule has 0 radical (unpaired) electrons. The van der Waals surface area contributed by atoms with Gasteiger partial charge in [-0.15, -0.1) is 0 Å². The fraction of sp³-hybridized carbons (Fsp3) is 0.357. The number of likely N-dealkylation sites (N-methyl/N-ethyl adjacent to an activating group) is 1. The molecule has 3 aromatic rings. The van der Waals surface area contributed by atoms with E-state index in [-0.39, 0.29) is 11.6 Å². The van der Waals surface area contributed by atoms with E-state index in [0.717, 1.165) is 31.1 Å². The minimum absolute atomic E-state index is 0.0689. The molecule has 1 aliphatic rings. The van der Waals surface area contributed by atoms with Crippen molar-refractivity contribution in [2.75, 3.05) is 26.7 Å². The van der Waals surface area contributed by atoms with Gasteiger partial charge in [0, 0.05) is 30.2 Å². The normalized spacial score (nSPS) is 21.2. The number of halogens is 1. The molecule has 0 amide bonds. The van der Waals surface area contributed by atoms with E-state index in [1.54, 1.807) is 0 Å². The SMILES string of the molecule is Cc1ccc(CC2(C)CN(C(c3ccccc3)c3ccc(Cl)cc3)CCN2C)cc1C. The van der Waals surface area contributed by atoms with E-state index in [2.05, 4.69) is 98.3 Å². The average molecular weight is 433 g/mol. The van der Waals surface area contributed by atoms with E-state index in [9.17, 15) is 0 Å². The van der Waals surface area contributed by atoms with E-state index in [1.165, 1.54) is 27.8 Å². The first kappa shape index (κ1) is 22.1. The van der Waals surface area contributed by atoms with Crippen LogP contribution in [0.3, 0.4) is 0 Å². The zero-order valence-corrected chi connectivity index (χ0v) is 19.9. The van der Waals surface area contributed by atoms with Crippen molar-refractivity contribution in [1.82, 2.24) is 9.80 Å². The summed E-state index contributed by atoms with van der Waals surface area (Å²) in [6, 6.07) is 26.4. The highest BCUT2D eigenvalue weighted by Gasteiger charge is 2.38. The van der Waals surface area contributed by atoms with Crippen LogP contribution in [0.25, 0.3) is 0 Å². The summed E-state index contributed by atoms with van der Waals surface area (Å²) in [4.78, 5) is 5.20. The molecule has 0 N–H and O–H groups in total. The van der Waals surface area contributed by atoms with Gasteiger partial charge in [0.05, 0.1) is 6.04 Å². The molecule has 2 nitrogen and oxygen atoms in total. The zero-order chi connectivity index (χ0) is 22.0. The topological polar surface area (TPSA) is 6.48 Å². The third-order valence-electron chi connectivity index (χ3n) is 7.01. The van der Waals surface area contributed by atoms with Crippen molar-refractivity contribution in [2.45, 2.75) is 38.8 Å². The van der Waals surface area contributed by atoms with Crippen LogP contribution in [-0.4, -0.2) is 42.0 Å². The quantitative estimate of drug-likeness (QED) is 0.467. The molecule has 2 atom stereocenters. The van der Waals surface area contributed by atoms with Crippen molar-refractivity contribution in [2.24, 2.45) is 0 Å². The Balaban J connectivity index is 1.66. The number of aryl methyl sites for hydroxylation is 2. The lowest BCUT2D eigenvalue weighted by Crippen LogP contribution is -2.60. The lowest BCUT2D eigenvalue weighted by molar-refractivity contribution is 0.0133. The van der Waals surface area contributed by atoms with Crippen LogP contribution in [0.1, 0.15) is 40.8 Å². The molecule has 3 aromatic carbocycles. The molecule has 4 rings (SSSR count). The van der Waals surface area contributed by atoms with E-state index in [4.69, 9.17) is 11.6 Å². The van der Waals surface area contributed by atoms with E-state index in [1.807, 2.05) is 12.1 Å². The second-order valence-electron chi connectivity index (χ2n) is 9.35. The summed E-state index contributed by atoms with van der Waals surface area (Å²) in [5.41, 5.74) is 6.86. The number of nitrogens with zero attached hydrogens (tertiary/aromatic N) is 2. The molecule has 1 fully saturated rings. The second-order valence-corrected chi connectivity index (χ2v) is 9.79. The average Bonchev–Trinajstić information content (AvgIpc) is 2.76. The predicted octanol–water partition coefficient (Wildman–Crippen LogP) is 6.30. The Kier molecular flexibility index (Phi) is 6.52. The molecule has 31 heavy (non-hydrogen) atoms. The summed E-state index contributed by atoms with van der Waals surface area (Å²) in [6.07, 6.45) is 1.04. The molecule has 1 aliphatic heterocycles. The van der Waals surface area contributed by atoms with Gasteiger partial charge >= 0.3 is 0 Å². The largest absolute Gasteiger partial charge is 0.298 e. The van der Waals surface area contributed by atoms with Crippen molar-refractivity contribution < 1.29 is 0 Å². The Labute approximate surface area is 192 Å². The van der Waals surface area contributed by atoms with Crippen LogP contribution >= 0.6 is 11.6 Å². The standard InChI is InChI=1S/C28H33ClN2/c1-21-10-11-23(18-22(21)2)19-28(3)20-31(17-16-30(28)4)27(24-8-6-5-7-9-24)25-12-14-26(29)15-13-25/h5-15,18,27H,16-17,19-20H2,1-4H3. The highest BCUT2D eigenvalue weighted by Crippen LogP contribution is 2.35. The van der Waals surface area contributed by atoms with Crippen molar-refractivity contribution in [3.63, 3.8) is 0 Å². The first-order valence-corrected chi connectivity index (χ1v) is 11.6. The molecule has 2 unspecified atom stereocenters. The first-order valence-electron chi connectivity index (χ1n) is 11.2. The van der Waals surface area contributed by atoms with Gasteiger partial charge in [-0.05, 0) is 74.2 Å². The van der Waals surface area contributed by atoms with Gasteiger partial charge in [0.15, 0.2) is 0 Å². The van der Waals surface area contributed by atoms with Crippen LogP contribution in [0.5, 0.6) is 0 Å². The summed E-state index contributed by atoms with van der Waals surface area (Å²) in [6.45, 7) is 9.92. The Morgan fingerprint density at radius 2 is 1.55 bits per heavy atom. The monoisotopic (exact) mass is 432 g/mol. The third-order valence-corrected chi connectivity index (χ3v) is 7.26. The number of piperazine rings is 1.